The first-order valence-electron chi connectivity index (χ1n) is 6.19. The van der Waals surface area contributed by atoms with Crippen molar-refractivity contribution in [3.8, 4) is 0 Å². The topological polar surface area (TPSA) is 146 Å². The fraction of sp³-hybridized carbons (Fsp3) is 0.267. The molecule has 0 atom stereocenters. The van der Waals surface area contributed by atoms with E-state index in [1.165, 1.54) is 27.7 Å². The predicted molar refractivity (Wildman–Crippen MR) is 82.3 cm³/mol. The van der Waals surface area contributed by atoms with Crippen LogP contribution in [0.2, 0.25) is 0 Å². The second-order valence-electron chi connectivity index (χ2n) is 3.83. The molecule has 8 nitrogen and oxygen atoms in total. The molecule has 0 fully saturated rings. The van der Waals surface area contributed by atoms with Gasteiger partial charge in [0.2, 0.25) is 0 Å². The van der Waals surface area contributed by atoms with E-state index in [1.54, 1.807) is 12.4 Å². The van der Waals surface area contributed by atoms with Gasteiger partial charge in [0.15, 0.2) is 11.6 Å². The maximum Gasteiger partial charge on any atom is 3.00 e. The number of hydrogen-bond donors (Lipinski definition) is 0. The van der Waals surface area contributed by atoms with Crippen molar-refractivity contribution in [2.24, 2.45) is 5.34 Å². The minimum atomic E-state index is -0.187. The summed E-state index contributed by atoms with van der Waals surface area (Å²) in [6.45, 7) is 5.39. The number of carbonyl (C=O) groups is 2. The Morgan fingerprint density at radius 2 is 1.17 bits per heavy atom. The zero-order valence-electron chi connectivity index (χ0n) is 13.7. The van der Waals surface area contributed by atoms with Crippen LogP contribution in [-0.4, -0.2) is 16.6 Å². The molecule has 1 heterocycles. The molecule has 0 spiro atoms. The van der Waals surface area contributed by atoms with Crippen LogP contribution < -0.4 is 10.2 Å². The molecule has 0 N–H and O–H groups in total. The minimum Gasteiger partial charge on any atom is -0.876 e. The summed E-state index contributed by atoms with van der Waals surface area (Å²) in [5, 5.41) is 29.0. The molecule has 24 heavy (non-hydrogen) atoms. The third kappa shape index (κ3) is 50.5. The summed E-state index contributed by atoms with van der Waals surface area (Å²) < 4.78 is 0. The van der Waals surface area contributed by atoms with Gasteiger partial charge in [-0.15, -0.1) is 16.9 Å². The van der Waals surface area contributed by atoms with E-state index in [1.807, 2.05) is 18.2 Å². The molecule has 9 heteroatoms. The Bertz CT molecular complexity index is 441. The average Bonchev–Trinajstić information content (AvgIpc) is 2.39. The van der Waals surface area contributed by atoms with Crippen LogP contribution in [0, 0.1) is 10.1 Å². The number of hydrogen-bond acceptors (Lipinski definition) is 8. The smallest absolute Gasteiger partial charge is 0.876 e. The summed E-state index contributed by atoms with van der Waals surface area (Å²) in [5.74, 6) is -0.750. The zero-order chi connectivity index (χ0) is 18.7. The maximum atomic E-state index is 9.98. The third-order valence-corrected chi connectivity index (χ3v) is 1.38. The Morgan fingerprint density at radius 1 is 0.875 bits per heavy atom. The number of rotatable bonds is 2. The summed E-state index contributed by atoms with van der Waals surface area (Å²) >= 11 is 0. The molecule has 0 saturated heterocycles. The number of pyridine rings is 1. The van der Waals surface area contributed by atoms with Gasteiger partial charge in [0.05, 0.1) is 0 Å². The number of aromatic nitrogens is 1. The third-order valence-electron chi connectivity index (χ3n) is 1.38. The van der Waals surface area contributed by atoms with Gasteiger partial charge in [0, 0.05) is 12.4 Å². The van der Waals surface area contributed by atoms with Gasteiger partial charge in [-0.05, 0) is 38.1 Å². The second kappa shape index (κ2) is 22.8. The van der Waals surface area contributed by atoms with Crippen LogP contribution in [0.5, 0.6) is 0 Å². The van der Waals surface area contributed by atoms with Crippen molar-refractivity contribution in [2.75, 3.05) is 0 Å². The van der Waals surface area contributed by atoms with Gasteiger partial charge in [-0.25, -0.2) is 0 Å². The largest absolute Gasteiger partial charge is 3.00 e. The van der Waals surface area contributed by atoms with Crippen LogP contribution in [0.1, 0.15) is 27.7 Å². The van der Waals surface area contributed by atoms with Gasteiger partial charge < -0.3 is 20.3 Å². The minimum absolute atomic E-state index is 0. The van der Waals surface area contributed by atoms with Crippen molar-refractivity contribution in [3.05, 3.63) is 64.4 Å². The van der Waals surface area contributed by atoms with E-state index in [0.717, 1.165) is 17.5 Å². The molecule has 0 saturated carbocycles. The first kappa shape index (κ1) is 29.5. The van der Waals surface area contributed by atoms with Crippen LogP contribution in [0.15, 0.2) is 59.6 Å². The monoisotopic (exact) mass is 382 g/mol. The van der Waals surface area contributed by atoms with Crippen molar-refractivity contribution in [1.29, 1.82) is 0 Å². The van der Waals surface area contributed by atoms with E-state index in [4.69, 9.17) is 10.1 Å². The van der Waals surface area contributed by atoms with Gasteiger partial charge >= 0.3 is 16.8 Å². The molecule has 1 rings (SSSR count). The van der Waals surface area contributed by atoms with Crippen molar-refractivity contribution in [1.82, 2.24) is 4.98 Å². The second-order valence-corrected chi connectivity index (χ2v) is 3.83. The summed E-state index contributed by atoms with van der Waals surface area (Å²) in [7, 11) is 0. The first-order chi connectivity index (χ1) is 10.7. The van der Waals surface area contributed by atoms with E-state index in [2.05, 4.69) is 4.98 Å². The molecular formula is C15H19CoN2O6. The van der Waals surface area contributed by atoms with Crippen molar-refractivity contribution >= 4 is 11.6 Å². The fourth-order valence-corrected chi connectivity index (χ4v) is 0.885. The number of carbonyl (C=O) groups excluding carboxylic acids is 2. The van der Waals surface area contributed by atoms with E-state index in [9.17, 15) is 19.8 Å². The number of allylic oxidation sites excluding steroid dienone is 4. The molecule has 0 aromatic carbocycles. The van der Waals surface area contributed by atoms with E-state index >= 15 is 0 Å². The summed E-state index contributed by atoms with van der Waals surface area (Å²) in [6.07, 6.45) is 5.61. The molecule has 1 aromatic heterocycles. The molecule has 0 unspecified atom stereocenters. The molecule has 1 aromatic rings. The maximum absolute atomic E-state index is 9.98. The first-order valence-corrected chi connectivity index (χ1v) is 6.19. The Labute approximate surface area is 151 Å². The predicted octanol–water partition coefficient (Wildman–Crippen LogP) is 1.01. The summed E-state index contributed by atoms with van der Waals surface area (Å²) in [5.41, 5.74) is 0. The molecule has 0 bridgehead atoms. The van der Waals surface area contributed by atoms with Gasteiger partial charge in [-0.2, -0.15) is 0 Å². The van der Waals surface area contributed by atoms with Gasteiger partial charge in [0.1, 0.15) is 0 Å². The Kier molecular flexibility index (Phi) is 28.0. The standard InChI is InChI=1S/C5H5N.2C5H8O2.Co.HNO2/c1-2-4-6-5-3-1;2*1-4(6)3-5(2)7;;2-1-3/h1-5H;2*3,6H,1-2H3;;(H,2,3)/q;;;+3;/p-3/b;2*4-3-;;. The van der Waals surface area contributed by atoms with Crippen molar-refractivity contribution in [3.63, 3.8) is 0 Å². The Balaban J connectivity index is -0.000000113. The van der Waals surface area contributed by atoms with E-state index in [-0.39, 0.29) is 39.9 Å². The van der Waals surface area contributed by atoms with Crippen LogP contribution in [0.25, 0.3) is 0 Å². The number of ketones is 2. The molecule has 134 valence electrons. The molecule has 0 radical (unpaired) electrons. The Morgan fingerprint density at radius 3 is 1.21 bits per heavy atom. The quantitative estimate of drug-likeness (QED) is 0.321. The van der Waals surface area contributed by atoms with Crippen molar-refractivity contribution in [2.45, 2.75) is 27.7 Å². The van der Waals surface area contributed by atoms with Gasteiger partial charge in [-0.1, -0.05) is 19.9 Å². The zero-order valence-corrected chi connectivity index (χ0v) is 14.8. The summed E-state index contributed by atoms with van der Waals surface area (Å²) in [4.78, 5) is 31.7. The van der Waals surface area contributed by atoms with Crippen LogP contribution in [0.3, 0.4) is 0 Å². The van der Waals surface area contributed by atoms with E-state index in [0.29, 0.717) is 0 Å². The molecular weight excluding hydrogens is 363 g/mol. The molecule has 0 aliphatic heterocycles. The van der Waals surface area contributed by atoms with Gasteiger partial charge in [-0.3, -0.25) is 14.6 Å². The van der Waals surface area contributed by atoms with E-state index < -0.39 is 0 Å². The summed E-state index contributed by atoms with van der Waals surface area (Å²) in [6, 6.07) is 5.72. The average molecular weight is 382 g/mol. The fourth-order valence-electron chi connectivity index (χ4n) is 0.885. The van der Waals surface area contributed by atoms with Crippen LogP contribution in [-0.2, 0) is 26.4 Å². The molecule has 0 aliphatic rings. The van der Waals surface area contributed by atoms with Crippen LogP contribution in [0.4, 0.5) is 0 Å². The normalized spacial score (nSPS) is 9.17. The number of nitrogens with zero attached hydrogens (tertiary/aromatic N) is 2. The van der Waals surface area contributed by atoms with Crippen molar-refractivity contribution < 1.29 is 36.6 Å². The van der Waals surface area contributed by atoms with Crippen LogP contribution >= 0.6 is 0 Å². The SMILES string of the molecule is CC(=O)/C=C(/C)[O-].CC(=O)/C=C(/C)[O-].O=N[O-].[Co+3].c1ccncc1. The Hall–Kier alpha value is -2.52. The van der Waals surface area contributed by atoms with Gasteiger partial charge in [0.25, 0.3) is 0 Å². The molecule has 0 amide bonds. The molecule has 0 aliphatic carbocycles.